The molecule has 1 amide bonds. The topological polar surface area (TPSA) is 65.4 Å². The summed E-state index contributed by atoms with van der Waals surface area (Å²) in [6.45, 7) is 0.645. The number of benzene rings is 3. The average Bonchev–Trinajstić information content (AvgIpc) is 3.26. The van der Waals surface area contributed by atoms with Gasteiger partial charge in [0.25, 0.3) is 5.91 Å². The molecular formula is C25H23F2N3O3. The lowest BCUT2D eigenvalue weighted by Gasteiger charge is -2.26. The van der Waals surface area contributed by atoms with Crippen LogP contribution in [0.15, 0.2) is 72.9 Å². The summed E-state index contributed by atoms with van der Waals surface area (Å²) in [5.74, 6) is 0.162. The highest BCUT2D eigenvalue weighted by atomic mass is 19.1. The second kappa shape index (κ2) is 9.68. The highest BCUT2D eigenvalue weighted by Crippen LogP contribution is 2.30. The van der Waals surface area contributed by atoms with Gasteiger partial charge in [-0.3, -0.25) is 4.79 Å². The van der Waals surface area contributed by atoms with Gasteiger partial charge >= 0.3 is 0 Å². The van der Waals surface area contributed by atoms with Gasteiger partial charge in [-0.25, -0.2) is 13.5 Å². The predicted octanol–water partition coefficient (Wildman–Crippen LogP) is 4.77. The molecule has 170 valence electrons. The van der Waals surface area contributed by atoms with E-state index in [2.05, 4.69) is 10.4 Å². The molecule has 0 spiro atoms. The first-order valence-electron chi connectivity index (χ1n) is 10.4. The zero-order valence-corrected chi connectivity index (χ0v) is 18.2. The number of fused-ring (bicyclic) bond motifs is 1. The fourth-order valence-corrected chi connectivity index (χ4v) is 3.66. The Morgan fingerprint density at radius 3 is 2.61 bits per heavy atom. The minimum atomic E-state index is -1.11. The van der Waals surface area contributed by atoms with E-state index in [-0.39, 0.29) is 5.82 Å². The van der Waals surface area contributed by atoms with Crippen LogP contribution in [0.25, 0.3) is 16.6 Å². The summed E-state index contributed by atoms with van der Waals surface area (Å²) >= 11 is 0. The van der Waals surface area contributed by atoms with Crippen LogP contribution in [0.1, 0.15) is 18.6 Å². The molecule has 0 aliphatic rings. The lowest BCUT2D eigenvalue weighted by molar-refractivity contribution is -0.123. The smallest absolute Gasteiger partial charge is 0.251 e. The summed E-state index contributed by atoms with van der Waals surface area (Å²) in [5.41, 5.74) is 2.32. The van der Waals surface area contributed by atoms with Gasteiger partial charge in [0.15, 0.2) is 6.67 Å². The number of aromatic nitrogens is 2. The highest BCUT2D eigenvalue weighted by molar-refractivity contribution is 5.81. The molecule has 8 heteroatoms. The molecule has 0 aliphatic carbocycles. The number of amides is 1. The first-order chi connectivity index (χ1) is 16.0. The van der Waals surface area contributed by atoms with Gasteiger partial charge in [-0.15, -0.1) is 0 Å². The number of nitrogens with zero attached hydrogens (tertiary/aromatic N) is 2. The maximum atomic E-state index is 13.3. The van der Waals surface area contributed by atoms with E-state index in [9.17, 15) is 13.6 Å². The van der Waals surface area contributed by atoms with Crippen molar-refractivity contribution in [3.05, 3.63) is 84.3 Å². The number of hydrogen-bond acceptors (Lipinski definition) is 4. The van der Waals surface area contributed by atoms with Gasteiger partial charge in [-0.2, -0.15) is 5.10 Å². The molecule has 3 aromatic carbocycles. The van der Waals surface area contributed by atoms with E-state index in [1.165, 1.54) is 12.1 Å². The van der Waals surface area contributed by atoms with Crippen molar-refractivity contribution in [3.8, 4) is 17.2 Å². The maximum Gasteiger partial charge on any atom is 0.251 e. The van der Waals surface area contributed by atoms with E-state index in [4.69, 9.17) is 9.47 Å². The first kappa shape index (κ1) is 22.3. The lowest BCUT2D eigenvalue weighted by Crippen LogP contribution is -2.39. The van der Waals surface area contributed by atoms with E-state index >= 15 is 0 Å². The summed E-state index contributed by atoms with van der Waals surface area (Å²) in [6.07, 6.45) is 1.10. The number of halogens is 2. The minimum absolute atomic E-state index is 0.316. The summed E-state index contributed by atoms with van der Waals surface area (Å²) in [6, 6.07) is 18.3. The number of alkyl halides is 1. The second-order valence-corrected chi connectivity index (χ2v) is 7.56. The Kier molecular flexibility index (Phi) is 6.53. The Morgan fingerprint density at radius 2 is 1.88 bits per heavy atom. The van der Waals surface area contributed by atoms with E-state index in [0.29, 0.717) is 11.5 Å². The Labute approximate surface area is 189 Å². The summed E-state index contributed by atoms with van der Waals surface area (Å²) in [4.78, 5) is 11.7. The quantitative estimate of drug-likeness (QED) is 0.419. The van der Waals surface area contributed by atoms with Gasteiger partial charge in [-0.1, -0.05) is 12.1 Å². The van der Waals surface area contributed by atoms with Gasteiger partial charge in [0.05, 0.1) is 30.6 Å². The monoisotopic (exact) mass is 451 g/mol. The van der Waals surface area contributed by atoms with Crippen LogP contribution in [-0.4, -0.2) is 35.5 Å². The number of carbonyl (C=O) groups excluding carboxylic acids is 1. The number of ether oxygens (including phenoxy) is 2. The minimum Gasteiger partial charge on any atom is -0.497 e. The van der Waals surface area contributed by atoms with Crippen molar-refractivity contribution >= 4 is 16.8 Å². The van der Waals surface area contributed by atoms with Crippen molar-refractivity contribution in [2.24, 2.45) is 0 Å². The SMILES string of the molecule is COc1cccc([C@@H](Oc2ccc3c(cnn3-c3ccc(F)cc3)c2)[C@H](C)NC(=O)CF)c1. The van der Waals surface area contributed by atoms with Crippen LogP contribution < -0.4 is 14.8 Å². The zero-order valence-electron chi connectivity index (χ0n) is 18.2. The van der Waals surface area contributed by atoms with Crippen molar-refractivity contribution in [2.45, 2.75) is 19.1 Å². The third kappa shape index (κ3) is 4.95. The number of nitrogens with one attached hydrogen (secondary N) is 1. The van der Waals surface area contributed by atoms with Crippen LogP contribution in [0.4, 0.5) is 8.78 Å². The molecule has 1 N–H and O–H groups in total. The fraction of sp³-hybridized carbons (Fsp3) is 0.200. The molecule has 4 aromatic rings. The van der Waals surface area contributed by atoms with Crippen LogP contribution in [0.2, 0.25) is 0 Å². The zero-order chi connectivity index (χ0) is 23.4. The largest absolute Gasteiger partial charge is 0.497 e. The average molecular weight is 451 g/mol. The lowest BCUT2D eigenvalue weighted by atomic mass is 10.0. The molecule has 0 unspecified atom stereocenters. The molecule has 0 bridgehead atoms. The molecule has 33 heavy (non-hydrogen) atoms. The normalized spacial score (nSPS) is 12.8. The summed E-state index contributed by atoms with van der Waals surface area (Å²) < 4.78 is 39.4. The molecule has 0 aliphatic heterocycles. The molecule has 4 rings (SSSR count). The maximum absolute atomic E-state index is 13.3. The first-order valence-corrected chi connectivity index (χ1v) is 10.4. The summed E-state index contributed by atoms with van der Waals surface area (Å²) in [7, 11) is 1.57. The third-order valence-corrected chi connectivity index (χ3v) is 5.26. The number of rotatable bonds is 8. The van der Waals surface area contributed by atoms with Crippen LogP contribution in [-0.2, 0) is 4.79 Å². The fourth-order valence-electron chi connectivity index (χ4n) is 3.66. The molecule has 0 saturated heterocycles. The molecular weight excluding hydrogens is 428 g/mol. The number of methoxy groups -OCH3 is 1. The van der Waals surface area contributed by atoms with E-state index in [1.54, 1.807) is 49.2 Å². The van der Waals surface area contributed by atoms with Crippen LogP contribution in [0.5, 0.6) is 11.5 Å². The Bertz CT molecular complexity index is 1260. The highest BCUT2D eigenvalue weighted by Gasteiger charge is 2.24. The van der Waals surface area contributed by atoms with Gasteiger partial charge in [0, 0.05) is 5.39 Å². The van der Waals surface area contributed by atoms with Gasteiger partial charge in [-0.05, 0) is 67.1 Å². The molecule has 0 radical (unpaired) electrons. The predicted molar refractivity (Wildman–Crippen MR) is 121 cm³/mol. The van der Waals surface area contributed by atoms with Crippen LogP contribution >= 0.6 is 0 Å². The molecule has 6 nitrogen and oxygen atoms in total. The van der Waals surface area contributed by atoms with Crippen LogP contribution in [0, 0.1) is 5.82 Å². The molecule has 0 saturated carbocycles. The van der Waals surface area contributed by atoms with Gasteiger partial charge < -0.3 is 14.8 Å². The van der Waals surface area contributed by atoms with Crippen molar-refractivity contribution in [2.75, 3.05) is 13.8 Å². The Hall–Kier alpha value is -3.94. The van der Waals surface area contributed by atoms with Gasteiger partial charge in [0.1, 0.15) is 23.4 Å². The van der Waals surface area contributed by atoms with Crippen molar-refractivity contribution < 1.29 is 23.0 Å². The Balaban J connectivity index is 1.65. The summed E-state index contributed by atoms with van der Waals surface area (Å²) in [5, 5.41) is 7.85. The third-order valence-electron chi connectivity index (χ3n) is 5.26. The molecule has 0 fully saturated rings. The number of hydrogen-bond donors (Lipinski definition) is 1. The standard InChI is InChI=1S/C25H23F2N3O3/c1-16(29-24(31)14-26)25(17-4-3-5-21(12-17)32-2)33-22-10-11-23-18(13-22)15-28-30(23)20-8-6-19(27)7-9-20/h3-13,15-16,25H,14H2,1-2H3,(H,29,31)/t16-,25-/m0/s1. The van der Waals surface area contributed by atoms with E-state index in [0.717, 1.165) is 22.2 Å². The molecule has 1 heterocycles. The van der Waals surface area contributed by atoms with E-state index < -0.39 is 24.7 Å². The molecule has 1 aromatic heterocycles. The number of carbonyl (C=O) groups is 1. The van der Waals surface area contributed by atoms with Crippen molar-refractivity contribution in [1.82, 2.24) is 15.1 Å². The van der Waals surface area contributed by atoms with Crippen LogP contribution in [0.3, 0.4) is 0 Å². The van der Waals surface area contributed by atoms with Crippen molar-refractivity contribution in [3.63, 3.8) is 0 Å². The van der Waals surface area contributed by atoms with E-state index in [1.807, 2.05) is 30.3 Å². The Morgan fingerprint density at radius 1 is 1.09 bits per heavy atom. The van der Waals surface area contributed by atoms with Gasteiger partial charge in [0.2, 0.25) is 0 Å². The van der Waals surface area contributed by atoms with Crippen molar-refractivity contribution in [1.29, 1.82) is 0 Å². The molecule has 2 atom stereocenters. The second-order valence-electron chi connectivity index (χ2n) is 7.56.